The molecule has 1 unspecified atom stereocenters. The molecule has 2 nitrogen and oxygen atoms in total. The summed E-state index contributed by atoms with van der Waals surface area (Å²) < 4.78 is 13.7. The first kappa shape index (κ1) is 11.0. The first-order valence-corrected chi connectivity index (χ1v) is 5.76. The molecule has 0 aliphatic carbocycles. The van der Waals surface area contributed by atoms with Gasteiger partial charge >= 0.3 is 0 Å². The lowest BCUT2D eigenvalue weighted by molar-refractivity contribution is 0.216. The Morgan fingerprint density at radius 3 is 2.56 bits per heavy atom. The summed E-state index contributed by atoms with van der Waals surface area (Å²) in [5, 5.41) is 11.2. The highest BCUT2D eigenvalue weighted by Gasteiger charge is 2.16. The summed E-state index contributed by atoms with van der Waals surface area (Å²) in [6.07, 6.45) is 0.855. The Kier molecular flexibility index (Phi) is 2.61. The zero-order valence-corrected chi connectivity index (χ0v) is 9.60. The molecular weight excluding hydrogens is 229 g/mol. The fourth-order valence-corrected chi connectivity index (χ4v) is 2.21. The summed E-state index contributed by atoms with van der Waals surface area (Å²) in [6, 6.07) is 13.8. The van der Waals surface area contributed by atoms with Crippen LogP contribution in [-0.2, 0) is 0 Å². The number of rotatable bonds is 2. The van der Waals surface area contributed by atoms with Gasteiger partial charge in [0, 0.05) is 22.7 Å². The number of aromatic nitrogens is 1. The molecule has 0 aliphatic heterocycles. The number of benzene rings is 2. The standard InChI is InChI=1S/C15H12FNO/c16-13-6-2-1-4-12(13)15(18)11-5-3-7-14-10(11)8-9-17-14/h1-9,15,17-18H. The van der Waals surface area contributed by atoms with Crippen LogP contribution in [0, 0.1) is 5.82 Å². The van der Waals surface area contributed by atoms with Gasteiger partial charge in [0.15, 0.2) is 0 Å². The molecule has 0 radical (unpaired) electrons. The third-order valence-corrected chi connectivity index (χ3v) is 3.12. The molecule has 0 saturated carbocycles. The van der Waals surface area contributed by atoms with Crippen molar-refractivity contribution in [2.45, 2.75) is 6.10 Å². The summed E-state index contributed by atoms with van der Waals surface area (Å²) in [6.45, 7) is 0. The van der Waals surface area contributed by atoms with Gasteiger partial charge in [0.1, 0.15) is 11.9 Å². The lowest BCUT2D eigenvalue weighted by atomic mass is 9.98. The molecule has 0 aliphatic rings. The van der Waals surface area contributed by atoms with Crippen molar-refractivity contribution in [3.05, 3.63) is 71.7 Å². The first-order chi connectivity index (χ1) is 8.77. The van der Waals surface area contributed by atoms with Gasteiger partial charge < -0.3 is 10.1 Å². The topological polar surface area (TPSA) is 36.0 Å². The van der Waals surface area contributed by atoms with E-state index < -0.39 is 11.9 Å². The number of nitrogens with one attached hydrogen (secondary N) is 1. The summed E-state index contributed by atoms with van der Waals surface area (Å²) in [4.78, 5) is 3.08. The smallest absolute Gasteiger partial charge is 0.129 e. The second-order valence-electron chi connectivity index (χ2n) is 4.21. The van der Waals surface area contributed by atoms with E-state index in [0.29, 0.717) is 11.1 Å². The van der Waals surface area contributed by atoms with Crippen molar-refractivity contribution in [3.63, 3.8) is 0 Å². The molecule has 1 aromatic heterocycles. The van der Waals surface area contributed by atoms with Crippen LogP contribution in [0.4, 0.5) is 4.39 Å². The molecule has 1 heterocycles. The Hall–Kier alpha value is -2.13. The molecule has 2 N–H and O–H groups in total. The van der Waals surface area contributed by atoms with Gasteiger partial charge in [-0.15, -0.1) is 0 Å². The highest BCUT2D eigenvalue weighted by atomic mass is 19.1. The van der Waals surface area contributed by atoms with E-state index >= 15 is 0 Å². The predicted molar refractivity (Wildman–Crippen MR) is 68.8 cm³/mol. The third kappa shape index (κ3) is 1.69. The highest BCUT2D eigenvalue weighted by Crippen LogP contribution is 2.29. The van der Waals surface area contributed by atoms with E-state index in [2.05, 4.69) is 4.98 Å². The number of H-pyrrole nitrogens is 1. The largest absolute Gasteiger partial charge is 0.384 e. The van der Waals surface area contributed by atoms with E-state index in [9.17, 15) is 9.50 Å². The van der Waals surface area contributed by atoms with Gasteiger partial charge in [-0.1, -0.05) is 30.3 Å². The first-order valence-electron chi connectivity index (χ1n) is 5.76. The van der Waals surface area contributed by atoms with Crippen LogP contribution in [0.3, 0.4) is 0 Å². The second kappa shape index (κ2) is 4.27. The lowest BCUT2D eigenvalue weighted by Gasteiger charge is -2.13. The fraction of sp³-hybridized carbons (Fsp3) is 0.0667. The van der Waals surface area contributed by atoms with Crippen LogP contribution in [0.15, 0.2) is 54.7 Å². The molecule has 3 heteroatoms. The molecule has 0 saturated heterocycles. The molecule has 90 valence electrons. The molecule has 2 aromatic carbocycles. The van der Waals surface area contributed by atoms with E-state index in [4.69, 9.17) is 0 Å². The highest BCUT2D eigenvalue weighted by molar-refractivity contribution is 5.83. The second-order valence-corrected chi connectivity index (χ2v) is 4.21. The van der Waals surface area contributed by atoms with Crippen LogP contribution in [0.5, 0.6) is 0 Å². The number of fused-ring (bicyclic) bond motifs is 1. The molecule has 3 aromatic rings. The molecule has 18 heavy (non-hydrogen) atoms. The summed E-state index contributed by atoms with van der Waals surface area (Å²) in [5.41, 5.74) is 1.94. The van der Waals surface area contributed by atoms with Gasteiger partial charge in [0.05, 0.1) is 0 Å². The maximum absolute atomic E-state index is 13.7. The third-order valence-electron chi connectivity index (χ3n) is 3.12. The van der Waals surface area contributed by atoms with Crippen molar-refractivity contribution in [1.82, 2.24) is 4.98 Å². The van der Waals surface area contributed by atoms with Crippen molar-refractivity contribution in [2.75, 3.05) is 0 Å². The summed E-state index contributed by atoms with van der Waals surface area (Å²) in [5.74, 6) is -0.391. The van der Waals surface area contributed by atoms with Crippen molar-refractivity contribution in [2.24, 2.45) is 0 Å². The molecule has 0 spiro atoms. The SMILES string of the molecule is OC(c1ccccc1F)c1cccc2[nH]ccc12. The van der Waals surface area contributed by atoms with E-state index in [1.54, 1.807) is 18.2 Å². The van der Waals surface area contributed by atoms with E-state index in [1.807, 2.05) is 30.5 Å². The van der Waals surface area contributed by atoms with Crippen LogP contribution in [0.1, 0.15) is 17.2 Å². The lowest BCUT2D eigenvalue weighted by Crippen LogP contribution is -2.02. The average molecular weight is 241 g/mol. The van der Waals surface area contributed by atoms with Crippen LogP contribution in [0.2, 0.25) is 0 Å². The Labute approximate surface area is 104 Å². The van der Waals surface area contributed by atoms with Crippen LogP contribution < -0.4 is 0 Å². The quantitative estimate of drug-likeness (QED) is 0.708. The Morgan fingerprint density at radius 2 is 1.72 bits per heavy atom. The van der Waals surface area contributed by atoms with Crippen LogP contribution in [0.25, 0.3) is 10.9 Å². The van der Waals surface area contributed by atoms with Crippen LogP contribution in [-0.4, -0.2) is 10.1 Å². The molecule has 1 atom stereocenters. The molecule has 3 rings (SSSR count). The Bertz CT molecular complexity index is 690. The van der Waals surface area contributed by atoms with Gasteiger partial charge in [0.25, 0.3) is 0 Å². The maximum Gasteiger partial charge on any atom is 0.129 e. The Balaban J connectivity index is 2.15. The van der Waals surface area contributed by atoms with Gasteiger partial charge in [-0.25, -0.2) is 4.39 Å². The van der Waals surface area contributed by atoms with Crippen molar-refractivity contribution in [1.29, 1.82) is 0 Å². The number of hydrogen-bond donors (Lipinski definition) is 2. The number of halogens is 1. The number of aliphatic hydroxyl groups is 1. The van der Waals surface area contributed by atoms with Crippen molar-refractivity contribution >= 4 is 10.9 Å². The fourth-order valence-electron chi connectivity index (χ4n) is 2.21. The molecule has 0 bridgehead atoms. The molecular formula is C15H12FNO. The number of aromatic amines is 1. The minimum absolute atomic E-state index is 0.297. The Morgan fingerprint density at radius 1 is 0.944 bits per heavy atom. The summed E-state index contributed by atoms with van der Waals surface area (Å²) >= 11 is 0. The van der Waals surface area contributed by atoms with Gasteiger partial charge in [-0.3, -0.25) is 0 Å². The van der Waals surface area contributed by atoms with E-state index in [0.717, 1.165) is 10.9 Å². The zero-order chi connectivity index (χ0) is 12.5. The monoisotopic (exact) mass is 241 g/mol. The number of aliphatic hydroxyl groups excluding tert-OH is 1. The minimum atomic E-state index is -0.953. The number of hydrogen-bond acceptors (Lipinski definition) is 1. The maximum atomic E-state index is 13.7. The predicted octanol–water partition coefficient (Wildman–Crippen LogP) is 3.39. The normalized spacial score (nSPS) is 12.8. The van der Waals surface area contributed by atoms with Gasteiger partial charge in [-0.2, -0.15) is 0 Å². The van der Waals surface area contributed by atoms with Gasteiger partial charge in [0.2, 0.25) is 0 Å². The van der Waals surface area contributed by atoms with Gasteiger partial charge in [-0.05, 0) is 23.8 Å². The van der Waals surface area contributed by atoms with Crippen LogP contribution >= 0.6 is 0 Å². The van der Waals surface area contributed by atoms with E-state index in [1.165, 1.54) is 6.07 Å². The van der Waals surface area contributed by atoms with Crippen molar-refractivity contribution < 1.29 is 9.50 Å². The minimum Gasteiger partial charge on any atom is -0.384 e. The average Bonchev–Trinajstić information content (AvgIpc) is 2.86. The molecule has 0 fully saturated rings. The summed E-state index contributed by atoms with van der Waals surface area (Å²) in [7, 11) is 0. The zero-order valence-electron chi connectivity index (χ0n) is 9.60. The molecule has 0 amide bonds. The van der Waals surface area contributed by atoms with E-state index in [-0.39, 0.29) is 0 Å². The van der Waals surface area contributed by atoms with Crippen molar-refractivity contribution in [3.8, 4) is 0 Å².